The average molecular weight is 369 g/mol. The minimum Gasteiger partial charge on any atom is -0.292 e. The molecule has 0 amide bonds. The van der Waals surface area contributed by atoms with Gasteiger partial charge < -0.3 is 0 Å². The third-order valence-corrected chi connectivity index (χ3v) is 6.35. The molecule has 0 aromatic heterocycles. The fourth-order valence-electron chi connectivity index (χ4n) is 3.21. The van der Waals surface area contributed by atoms with E-state index < -0.39 is 10.0 Å². The van der Waals surface area contributed by atoms with E-state index in [1.54, 1.807) is 12.1 Å². The van der Waals surface area contributed by atoms with E-state index in [0.29, 0.717) is 12.1 Å². The highest BCUT2D eigenvalue weighted by Gasteiger charge is 2.31. The number of benzene rings is 2. The highest BCUT2D eigenvalue weighted by Crippen LogP contribution is 2.25. The zero-order chi connectivity index (χ0) is 18.8. The van der Waals surface area contributed by atoms with Crippen molar-refractivity contribution >= 4 is 10.0 Å². The van der Waals surface area contributed by atoms with Crippen molar-refractivity contribution in [3.63, 3.8) is 0 Å². The molecular formula is C20H23N3O2S. The fourth-order valence-corrected chi connectivity index (χ4v) is 4.46. The molecule has 5 nitrogen and oxygen atoms in total. The molecular weight excluding hydrogens is 346 g/mol. The van der Waals surface area contributed by atoms with Crippen molar-refractivity contribution in [2.45, 2.75) is 37.2 Å². The number of hydrogen-bond acceptors (Lipinski definition) is 4. The molecule has 0 aliphatic carbocycles. The molecule has 2 aromatic rings. The molecule has 1 aliphatic heterocycles. The molecule has 1 heterocycles. The summed E-state index contributed by atoms with van der Waals surface area (Å²) in [4.78, 5) is 2.43. The van der Waals surface area contributed by atoms with Gasteiger partial charge in [-0.2, -0.15) is 5.26 Å². The van der Waals surface area contributed by atoms with Crippen LogP contribution in [0.1, 0.15) is 30.5 Å². The van der Waals surface area contributed by atoms with Crippen molar-refractivity contribution in [3.05, 3.63) is 65.2 Å². The molecule has 0 bridgehead atoms. The Bertz CT molecular complexity index is 946. The predicted octanol–water partition coefficient (Wildman–Crippen LogP) is 2.67. The van der Waals surface area contributed by atoms with E-state index in [0.717, 1.165) is 19.5 Å². The Balaban J connectivity index is 1.71. The van der Waals surface area contributed by atoms with Gasteiger partial charge in [0.1, 0.15) is 0 Å². The Morgan fingerprint density at radius 2 is 1.88 bits per heavy atom. The van der Waals surface area contributed by atoms with Crippen LogP contribution in [-0.2, 0) is 23.0 Å². The number of hydrogen-bond donors (Lipinski definition) is 1. The summed E-state index contributed by atoms with van der Waals surface area (Å²) in [6.45, 7) is 6.11. The van der Waals surface area contributed by atoms with Gasteiger partial charge in [0, 0.05) is 25.2 Å². The summed E-state index contributed by atoms with van der Waals surface area (Å²) in [6, 6.07) is 16.4. The van der Waals surface area contributed by atoms with Crippen molar-refractivity contribution in [2.75, 3.05) is 13.1 Å². The molecule has 3 rings (SSSR count). The lowest BCUT2D eigenvalue weighted by Gasteiger charge is -2.41. The predicted molar refractivity (Wildman–Crippen MR) is 101 cm³/mol. The molecule has 26 heavy (non-hydrogen) atoms. The van der Waals surface area contributed by atoms with Crippen LogP contribution in [0.5, 0.6) is 0 Å². The maximum atomic E-state index is 12.6. The summed E-state index contributed by atoms with van der Waals surface area (Å²) < 4.78 is 27.9. The van der Waals surface area contributed by atoms with Crippen LogP contribution in [0, 0.1) is 11.3 Å². The van der Waals surface area contributed by atoms with E-state index in [2.05, 4.69) is 41.7 Å². The van der Waals surface area contributed by atoms with E-state index in [-0.39, 0.29) is 10.4 Å². The van der Waals surface area contributed by atoms with Crippen molar-refractivity contribution in [1.82, 2.24) is 9.62 Å². The second kappa shape index (κ2) is 7.20. The van der Waals surface area contributed by atoms with Crippen LogP contribution < -0.4 is 4.72 Å². The fraction of sp³-hybridized carbons (Fsp3) is 0.350. The summed E-state index contributed by atoms with van der Waals surface area (Å²) in [5, 5.41) is 8.97. The van der Waals surface area contributed by atoms with Crippen molar-refractivity contribution < 1.29 is 8.42 Å². The summed E-state index contributed by atoms with van der Waals surface area (Å²) in [5.74, 6) is 0. The Morgan fingerprint density at radius 3 is 2.62 bits per heavy atom. The van der Waals surface area contributed by atoms with E-state index in [9.17, 15) is 8.42 Å². The second-order valence-electron chi connectivity index (χ2n) is 7.22. The maximum Gasteiger partial charge on any atom is 0.240 e. The van der Waals surface area contributed by atoms with Crippen LogP contribution in [0.15, 0.2) is 53.4 Å². The van der Waals surface area contributed by atoms with E-state index in [1.807, 2.05) is 12.1 Å². The first-order valence-electron chi connectivity index (χ1n) is 8.63. The highest BCUT2D eigenvalue weighted by molar-refractivity contribution is 7.89. The second-order valence-corrected chi connectivity index (χ2v) is 8.98. The lowest BCUT2D eigenvalue weighted by atomic mass is 9.94. The Morgan fingerprint density at radius 1 is 1.15 bits per heavy atom. The Hall–Kier alpha value is -2.20. The molecule has 2 aromatic carbocycles. The molecule has 0 radical (unpaired) electrons. The smallest absolute Gasteiger partial charge is 0.240 e. The lowest BCUT2D eigenvalue weighted by molar-refractivity contribution is 0.108. The van der Waals surface area contributed by atoms with Gasteiger partial charge in [-0.15, -0.1) is 0 Å². The third kappa shape index (κ3) is 3.96. The van der Waals surface area contributed by atoms with Crippen LogP contribution in [-0.4, -0.2) is 31.9 Å². The number of fused-ring (bicyclic) bond motifs is 1. The molecule has 0 unspecified atom stereocenters. The minimum absolute atomic E-state index is 0.122. The summed E-state index contributed by atoms with van der Waals surface area (Å²) in [7, 11) is -3.65. The molecule has 0 saturated heterocycles. The summed E-state index contributed by atoms with van der Waals surface area (Å²) >= 11 is 0. The van der Waals surface area contributed by atoms with Gasteiger partial charge in [-0.25, -0.2) is 13.1 Å². The van der Waals surface area contributed by atoms with Crippen LogP contribution >= 0.6 is 0 Å². The third-order valence-electron chi connectivity index (χ3n) is 4.95. The van der Waals surface area contributed by atoms with Gasteiger partial charge in [0.25, 0.3) is 0 Å². The van der Waals surface area contributed by atoms with Gasteiger partial charge in [-0.3, -0.25) is 4.90 Å². The minimum atomic E-state index is -3.65. The van der Waals surface area contributed by atoms with Crippen molar-refractivity contribution in [3.8, 4) is 6.07 Å². The van der Waals surface area contributed by atoms with E-state index in [4.69, 9.17) is 5.26 Å². The molecule has 1 N–H and O–H groups in total. The number of nitrogens with one attached hydrogen (secondary N) is 1. The SMILES string of the molecule is CC(C)(CNS(=O)(=O)c1cccc(C#N)c1)N1CCc2ccccc2C1. The van der Waals surface area contributed by atoms with Crippen molar-refractivity contribution in [1.29, 1.82) is 5.26 Å². The van der Waals surface area contributed by atoms with E-state index >= 15 is 0 Å². The molecule has 0 spiro atoms. The number of sulfonamides is 1. The van der Waals surface area contributed by atoms with Crippen LogP contribution in [0.25, 0.3) is 0 Å². The topological polar surface area (TPSA) is 73.2 Å². The summed E-state index contributed by atoms with van der Waals surface area (Å²) in [6.07, 6.45) is 0.969. The number of nitriles is 1. The molecule has 1 aliphatic rings. The first kappa shape index (κ1) is 18.6. The molecule has 136 valence electrons. The number of nitrogens with zero attached hydrogens (tertiary/aromatic N) is 2. The zero-order valence-electron chi connectivity index (χ0n) is 15.1. The van der Waals surface area contributed by atoms with Gasteiger partial charge >= 0.3 is 0 Å². The average Bonchev–Trinajstić information content (AvgIpc) is 2.66. The van der Waals surface area contributed by atoms with Crippen LogP contribution in [0.4, 0.5) is 0 Å². The van der Waals surface area contributed by atoms with Gasteiger partial charge in [-0.05, 0) is 49.6 Å². The summed E-state index contributed by atoms with van der Waals surface area (Å²) in [5.41, 5.74) is 2.68. The first-order chi connectivity index (χ1) is 12.3. The zero-order valence-corrected chi connectivity index (χ0v) is 15.9. The first-order valence-corrected chi connectivity index (χ1v) is 10.1. The van der Waals surface area contributed by atoms with E-state index in [1.165, 1.54) is 23.3 Å². The van der Waals surface area contributed by atoms with Crippen LogP contribution in [0.3, 0.4) is 0 Å². The molecule has 6 heteroatoms. The molecule has 0 saturated carbocycles. The lowest BCUT2D eigenvalue weighted by Crippen LogP contribution is -2.53. The van der Waals surface area contributed by atoms with Crippen molar-refractivity contribution in [2.24, 2.45) is 0 Å². The van der Waals surface area contributed by atoms with Gasteiger partial charge in [0.05, 0.1) is 16.5 Å². The molecule has 0 fully saturated rings. The Kier molecular flexibility index (Phi) is 5.15. The van der Waals surface area contributed by atoms with Gasteiger partial charge in [-0.1, -0.05) is 30.3 Å². The quantitative estimate of drug-likeness (QED) is 0.879. The standard InChI is InChI=1S/C20H23N3O2S/c1-20(2,23-11-10-17-7-3-4-8-18(17)14-23)15-22-26(24,25)19-9-5-6-16(12-19)13-21/h3-9,12,22H,10-11,14-15H2,1-2H3. The van der Waals surface area contributed by atoms with Gasteiger partial charge in [0.15, 0.2) is 0 Å². The van der Waals surface area contributed by atoms with Crippen LogP contribution in [0.2, 0.25) is 0 Å². The monoisotopic (exact) mass is 369 g/mol. The largest absolute Gasteiger partial charge is 0.292 e. The molecule has 0 atom stereocenters. The normalized spacial score (nSPS) is 15.3. The van der Waals surface area contributed by atoms with Gasteiger partial charge in [0.2, 0.25) is 10.0 Å². The highest BCUT2D eigenvalue weighted by atomic mass is 32.2. The number of rotatable bonds is 5. The maximum absolute atomic E-state index is 12.6. The Labute approximate surface area is 155 Å².